The number of nitrogens with zero attached hydrogens (tertiary/aromatic N) is 5. The summed E-state index contributed by atoms with van der Waals surface area (Å²) in [5.74, 6) is 1.74. The van der Waals surface area contributed by atoms with Crippen LogP contribution in [-0.4, -0.2) is 53.7 Å². The first-order chi connectivity index (χ1) is 14.9. The van der Waals surface area contributed by atoms with Crippen LogP contribution in [0.25, 0.3) is 11.3 Å². The zero-order valence-corrected chi connectivity index (χ0v) is 18.5. The fourth-order valence-electron chi connectivity index (χ4n) is 4.08. The fraction of sp³-hybridized carbons (Fsp3) is 0.391. The molecule has 8 heteroatoms. The quantitative estimate of drug-likeness (QED) is 0.619. The molecule has 0 spiro atoms. The first-order valence-electron chi connectivity index (χ1n) is 10.3. The molecule has 0 aliphatic carbocycles. The van der Waals surface area contributed by atoms with Gasteiger partial charge in [-0.1, -0.05) is 17.3 Å². The number of carbonyl (C=O) groups is 1. The van der Waals surface area contributed by atoms with Gasteiger partial charge in [-0.15, -0.1) is 0 Å². The second-order valence-corrected chi connectivity index (χ2v) is 8.01. The first kappa shape index (κ1) is 20.8. The van der Waals surface area contributed by atoms with Crippen molar-refractivity contribution in [3.63, 3.8) is 0 Å². The number of para-hydroxylation sites is 1. The van der Waals surface area contributed by atoms with Crippen LogP contribution in [0.2, 0.25) is 0 Å². The van der Waals surface area contributed by atoms with E-state index in [1.54, 1.807) is 13.3 Å². The molecule has 0 N–H and O–H groups in total. The van der Waals surface area contributed by atoms with E-state index in [1.165, 1.54) is 0 Å². The summed E-state index contributed by atoms with van der Waals surface area (Å²) in [6.45, 7) is 4.46. The van der Waals surface area contributed by atoms with E-state index >= 15 is 0 Å². The number of aryl methyl sites for hydroxylation is 2. The van der Waals surface area contributed by atoms with Crippen LogP contribution in [-0.2, 0) is 0 Å². The number of carbonyl (C=O) groups excluding carboxylic acids is 1. The van der Waals surface area contributed by atoms with Gasteiger partial charge < -0.3 is 19.1 Å². The highest BCUT2D eigenvalue weighted by Crippen LogP contribution is 2.39. The van der Waals surface area contributed by atoms with Gasteiger partial charge in [0.05, 0.1) is 35.7 Å². The van der Waals surface area contributed by atoms with Crippen LogP contribution >= 0.6 is 0 Å². The van der Waals surface area contributed by atoms with Crippen molar-refractivity contribution >= 4 is 11.9 Å². The van der Waals surface area contributed by atoms with Crippen molar-refractivity contribution in [2.24, 2.45) is 0 Å². The maximum Gasteiger partial charge on any atom is 0.258 e. The average molecular weight is 422 g/mol. The number of likely N-dealkylation sites (tertiary alicyclic amines) is 1. The van der Waals surface area contributed by atoms with Gasteiger partial charge in [-0.2, -0.15) is 0 Å². The van der Waals surface area contributed by atoms with Crippen molar-refractivity contribution in [1.29, 1.82) is 0 Å². The van der Waals surface area contributed by atoms with Crippen molar-refractivity contribution in [2.45, 2.75) is 32.7 Å². The molecule has 1 aliphatic heterocycles. The Hall–Kier alpha value is -3.42. The Morgan fingerprint density at radius 2 is 2.10 bits per heavy atom. The second kappa shape index (κ2) is 8.37. The maximum absolute atomic E-state index is 13.6. The van der Waals surface area contributed by atoms with Gasteiger partial charge in [-0.05, 0) is 38.3 Å². The number of hydrogen-bond acceptors (Lipinski definition) is 7. The van der Waals surface area contributed by atoms with Gasteiger partial charge >= 0.3 is 0 Å². The summed E-state index contributed by atoms with van der Waals surface area (Å²) in [4.78, 5) is 26.6. The predicted octanol–water partition coefficient (Wildman–Crippen LogP) is 3.80. The van der Waals surface area contributed by atoms with Gasteiger partial charge in [0.1, 0.15) is 5.75 Å². The van der Waals surface area contributed by atoms with E-state index < -0.39 is 0 Å². The SMILES string of the molecule is COc1c(C)cccc1C(=O)N1CCCC1c1nc(N(C)C)ncc1-c1cc(C)no1. The van der Waals surface area contributed by atoms with Crippen LogP contribution in [0.4, 0.5) is 5.95 Å². The Morgan fingerprint density at radius 3 is 2.77 bits per heavy atom. The minimum atomic E-state index is -0.195. The highest BCUT2D eigenvalue weighted by atomic mass is 16.5. The smallest absolute Gasteiger partial charge is 0.258 e. The Balaban J connectivity index is 1.79. The monoisotopic (exact) mass is 421 g/mol. The van der Waals surface area contributed by atoms with Gasteiger partial charge in [-0.25, -0.2) is 9.97 Å². The molecule has 0 radical (unpaired) electrons. The van der Waals surface area contributed by atoms with Gasteiger partial charge in [0.15, 0.2) is 5.76 Å². The highest BCUT2D eigenvalue weighted by Gasteiger charge is 2.35. The zero-order chi connectivity index (χ0) is 22.1. The Morgan fingerprint density at radius 1 is 1.29 bits per heavy atom. The van der Waals surface area contributed by atoms with E-state index in [0.717, 1.165) is 35.4 Å². The number of ether oxygens (including phenoxy) is 1. The molecule has 1 fully saturated rings. The normalized spacial score (nSPS) is 15.9. The summed E-state index contributed by atoms with van der Waals surface area (Å²) in [5.41, 5.74) is 3.80. The predicted molar refractivity (Wildman–Crippen MR) is 117 cm³/mol. The summed E-state index contributed by atoms with van der Waals surface area (Å²) >= 11 is 0. The van der Waals surface area contributed by atoms with Crippen molar-refractivity contribution in [3.8, 4) is 17.1 Å². The molecule has 1 saturated heterocycles. The van der Waals surface area contributed by atoms with Crippen LogP contribution in [0.1, 0.15) is 46.2 Å². The lowest BCUT2D eigenvalue weighted by Gasteiger charge is -2.27. The van der Waals surface area contributed by atoms with Gasteiger partial charge in [-0.3, -0.25) is 4.79 Å². The first-order valence-corrected chi connectivity index (χ1v) is 10.3. The number of amides is 1. The summed E-state index contributed by atoms with van der Waals surface area (Å²) in [6.07, 6.45) is 3.45. The van der Waals surface area contributed by atoms with E-state index in [1.807, 2.05) is 62.0 Å². The Labute approximate surface area is 181 Å². The molecule has 1 amide bonds. The average Bonchev–Trinajstić information content (AvgIpc) is 3.41. The molecule has 1 atom stereocenters. The van der Waals surface area contributed by atoms with E-state index in [4.69, 9.17) is 14.2 Å². The lowest BCUT2D eigenvalue weighted by atomic mass is 10.0. The molecule has 2 aromatic heterocycles. The molecule has 4 rings (SSSR count). The summed E-state index contributed by atoms with van der Waals surface area (Å²) in [7, 11) is 5.39. The molecule has 1 unspecified atom stereocenters. The molecule has 0 saturated carbocycles. The molecule has 1 aromatic carbocycles. The van der Waals surface area contributed by atoms with Crippen LogP contribution in [0.15, 0.2) is 35.0 Å². The van der Waals surface area contributed by atoms with Crippen LogP contribution in [0, 0.1) is 13.8 Å². The summed E-state index contributed by atoms with van der Waals surface area (Å²) < 4.78 is 11.1. The number of methoxy groups -OCH3 is 1. The molecule has 1 aliphatic rings. The lowest BCUT2D eigenvalue weighted by Crippen LogP contribution is -2.32. The number of rotatable bonds is 5. The number of aromatic nitrogens is 3. The van der Waals surface area contributed by atoms with Crippen LogP contribution in [0.5, 0.6) is 5.75 Å². The zero-order valence-electron chi connectivity index (χ0n) is 18.5. The van der Waals surface area contributed by atoms with Gasteiger partial charge in [0.25, 0.3) is 5.91 Å². The minimum absolute atomic E-state index is 0.0623. The fourth-order valence-corrected chi connectivity index (χ4v) is 4.08. The molecule has 8 nitrogen and oxygen atoms in total. The Bertz CT molecular complexity index is 1110. The third kappa shape index (κ3) is 3.85. The molecular formula is C23H27N5O3. The molecule has 3 heterocycles. The topological polar surface area (TPSA) is 84.6 Å². The highest BCUT2D eigenvalue weighted by molar-refractivity contribution is 5.98. The number of benzene rings is 1. The van der Waals surface area contributed by atoms with Gasteiger partial charge in [0, 0.05) is 32.9 Å². The third-order valence-electron chi connectivity index (χ3n) is 5.57. The molecule has 162 valence electrons. The van der Waals surface area contributed by atoms with Crippen molar-refractivity contribution in [3.05, 3.63) is 53.0 Å². The van der Waals surface area contributed by atoms with Crippen LogP contribution < -0.4 is 9.64 Å². The van der Waals surface area contributed by atoms with E-state index in [2.05, 4.69) is 10.1 Å². The van der Waals surface area contributed by atoms with Crippen LogP contribution in [0.3, 0.4) is 0 Å². The van der Waals surface area contributed by atoms with E-state index in [-0.39, 0.29) is 11.9 Å². The largest absolute Gasteiger partial charge is 0.496 e. The molecule has 0 bridgehead atoms. The Kier molecular flexibility index (Phi) is 5.63. The maximum atomic E-state index is 13.6. The van der Waals surface area contributed by atoms with Gasteiger partial charge in [0.2, 0.25) is 5.95 Å². The lowest BCUT2D eigenvalue weighted by molar-refractivity contribution is 0.0729. The third-order valence-corrected chi connectivity index (χ3v) is 5.57. The van der Waals surface area contributed by atoms with Crippen molar-refractivity contribution in [1.82, 2.24) is 20.0 Å². The van der Waals surface area contributed by atoms with Crippen molar-refractivity contribution < 1.29 is 14.1 Å². The van der Waals surface area contributed by atoms with E-state index in [9.17, 15) is 4.79 Å². The number of anilines is 1. The standard InChI is InChI=1S/C23H27N5O3/c1-14-8-6-9-16(21(14)30-5)22(29)28-11-7-10-18(28)20-17(19-12-15(2)26-31-19)13-24-23(25-20)27(3)4/h6,8-9,12-13,18H,7,10-11H2,1-5H3. The molecule has 3 aromatic rings. The number of hydrogen-bond donors (Lipinski definition) is 0. The second-order valence-electron chi connectivity index (χ2n) is 8.01. The van der Waals surface area contributed by atoms with Crippen molar-refractivity contribution in [2.75, 3.05) is 32.6 Å². The molecular weight excluding hydrogens is 394 g/mol. The minimum Gasteiger partial charge on any atom is -0.496 e. The van der Waals surface area contributed by atoms with E-state index in [0.29, 0.717) is 29.6 Å². The summed E-state index contributed by atoms with van der Waals surface area (Å²) in [5, 5.41) is 4.01. The molecule has 31 heavy (non-hydrogen) atoms. The summed E-state index contributed by atoms with van der Waals surface area (Å²) in [6, 6.07) is 7.31.